The van der Waals surface area contributed by atoms with Crippen LogP contribution in [0, 0.1) is 0 Å². The number of aromatic nitrogens is 2. The molecule has 3 heterocycles. The summed E-state index contributed by atoms with van der Waals surface area (Å²) in [6.07, 6.45) is 5.23. The van der Waals surface area contributed by atoms with Crippen molar-refractivity contribution in [3.8, 4) is 11.3 Å². The Morgan fingerprint density at radius 2 is 1.88 bits per heavy atom. The Bertz CT molecular complexity index is 1120. The van der Waals surface area contributed by atoms with Gasteiger partial charge in [0, 0.05) is 52.7 Å². The molecule has 1 saturated heterocycles. The van der Waals surface area contributed by atoms with E-state index in [4.69, 9.17) is 25.7 Å². The van der Waals surface area contributed by atoms with Gasteiger partial charge in [0.15, 0.2) is 11.0 Å². The first-order chi connectivity index (χ1) is 16.2. The van der Waals surface area contributed by atoms with Crippen LogP contribution >= 0.6 is 23.4 Å². The van der Waals surface area contributed by atoms with Crippen LogP contribution in [-0.4, -0.2) is 50.8 Å². The van der Waals surface area contributed by atoms with Crippen molar-refractivity contribution in [2.75, 3.05) is 26.1 Å². The summed E-state index contributed by atoms with van der Waals surface area (Å²) in [6, 6.07) is 11.3. The van der Waals surface area contributed by atoms with Gasteiger partial charge in [-0.3, -0.25) is 9.11 Å². The first kappa shape index (κ1) is 25.4. The summed E-state index contributed by atoms with van der Waals surface area (Å²) in [5.41, 5.74) is 1.57. The summed E-state index contributed by atoms with van der Waals surface area (Å²) >= 11 is 7.44. The first-order valence-corrected chi connectivity index (χ1v) is 14.0. The van der Waals surface area contributed by atoms with Gasteiger partial charge in [-0.25, -0.2) is 9.97 Å². The predicted octanol–water partition coefficient (Wildman–Crippen LogP) is 6.23. The number of rotatable bonds is 7. The van der Waals surface area contributed by atoms with Gasteiger partial charge in [-0.15, -0.1) is 0 Å². The summed E-state index contributed by atoms with van der Waals surface area (Å²) in [4.78, 5) is 12.5. The summed E-state index contributed by atoms with van der Waals surface area (Å²) in [7, 11) is -1.03. The number of likely N-dealkylation sites (tertiary alicyclic amines) is 1. The summed E-state index contributed by atoms with van der Waals surface area (Å²) in [5, 5.41) is 2.08. The van der Waals surface area contributed by atoms with Crippen molar-refractivity contribution in [2.24, 2.45) is 0 Å². The van der Waals surface area contributed by atoms with Crippen molar-refractivity contribution in [3.63, 3.8) is 0 Å². The van der Waals surface area contributed by atoms with Crippen molar-refractivity contribution in [2.45, 2.75) is 60.1 Å². The molecular formula is C25H30ClN3O3S2. The number of pyridine rings is 1. The maximum absolute atomic E-state index is 11.8. The minimum absolute atomic E-state index is 0.143. The quantitative estimate of drug-likeness (QED) is 0.366. The highest BCUT2D eigenvalue weighted by atomic mass is 35.5. The molecule has 1 unspecified atom stereocenters. The highest BCUT2D eigenvalue weighted by Crippen LogP contribution is 2.39. The van der Waals surface area contributed by atoms with Gasteiger partial charge in [0.2, 0.25) is 0 Å². The van der Waals surface area contributed by atoms with Crippen LogP contribution in [0.25, 0.3) is 11.3 Å². The lowest BCUT2D eigenvalue weighted by atomic mass is 9.97. The molecule has 1 aromatic carbocycles. The number of nitrogens with zero attached hydrogens (tertiary/aromatic N) is 3. The third-order valence-electron chi connectivity index (χ3n) is 5.59. The third kappa shape index (κ3) is 6.70. The maximum Gasteiger partial charge on any atom is 0.199 e. The standard InChI is InChI=1S/C25H30ClN3O3S2/c1-25(2,3)31-16-29-13-11-18(12-14-29)23-28-22(17-5-8-20(9-6-17)34(4)30)24(32-23)33-21-10-7-19(26)15-27-21/h5-10,15,18H,11-14,16H2,1-4H3. The normalized spacial score (nSPS) is 16.6. The number of hydrogen-bond donors (Lipinski definition) is 0. The summed E-state index contributed by atoms with van der Waals surface area (Å²) in [5.74, 6) is 1.01. The van der Waals surface area contributed by atoms with Crippen molar-refractivity contribution < 1.29 is 13.4 Å². The number of piperidine rings is 1. The van der Waals surface area contributed by atoms with Crippen LogP contribution in [0.3, 0.4) is 0 Å². The van der Waals surface area contributed by atoms with Gasteiger partial charge in [0.1, 0.15) is 10.7 Å². The monoisotopic (exact) mass is 519 g/mol. The molecule has 0 spiro atoms. The van der Waals surface area contributed by atoms with E-state index in [9.17, 15) is 4.21 Å². The molecule has 3 aromatic rings. The van der Waals surface area contributed by atoms with Gasteiger partial charge < -0.3 is 9.15 Å². The molecule has 4 rings (SSSR count). The van der Waals surface area contributed by atoms with E-state index in [2.05, 4.69) is 30.7 Å². The molecule has 34 heavy (non-hydrogen) atoms. The van der Waals surface area contributed by atoms with Crippen molar-refractivity contribution in [1.29, 1.82) is 0 Å². The molecule has 1 aliphatic heterocycles. The Hall–Kier alpha value is -1.71. The fourth-order valence-corrected chi connectivity index (χ4v) is 5.11. The average molecular weight is 520 g/mol. The molecule has 1 aliphatic rings. The van der Waals surface area contributed by atoms with Crippen LogP contribution in [-0.2, 0) is 15.5 Å². The molecule has 182 valence electrons. The minimum atomic E-state index is -1.03. The van der Waals surface area contributed by atoms with Crippen LogP contribution in [0.15, 0.2) is 62.0 Å². The second kappa shape index (κ2) is 10.9. The molecule has 0 aliphatic carbocycles. The fourth-order valence-electron chi connectivity index (χ4n) is 3.66. The molecule has 0 bridgehead atoms. The zero-order valence-electron chi connectivity index (χ0n) is 19.9. The molecule has 0 amide bonds. The molecule has 2 aromatic heterocycles. The van der Waals surface area contributed by atoms with Crippen molar-refractivity contribution >= 4 is 34.2 Å². The van der Waals surface area contributed by atoms with Gasteiger partial charge in [-0.2, -0.15) is 0 Å². The van der Waals surface area contributed by atoms with E-state index >= 15 is 0 Å². The van der Waals surface area contributed by atoms with E-state index in [1.807, 2.05) is 36.4 Å². The fraction of sp³-hybridized carbons (Fsp3) is 0.440. The highest BCUT2D eigenvalue weighted by molar-refractivity contribution is 7.99. The van der Waals surface area contributed by atoms with Gasteiger partial charge in [-0.1, -0.05) is 23.7 Å². The number of benzene rings is 1. The van der Waals surface area contributed by atoms with Crippen LogP contribution in [0.2, 0.25) is 5.02 Å². The summed E-state index contributed by atoms with van der Waals surface area (Å²) in [6.45, 7) is 8.75. The SMILES string of the molecule is CS(=O)c1ccc(-c2nc(C3CCN(COC(C)(C)C)CC3)oc2Sc2ccc(Cl)cn2)cc1. The number of halogens is 1. The minimum Gasteiger partial charge on any atom is -0.433 e. The molecule has 1 fully saturated rings. The summed E-state index contributed by atoms with van der Waals surface area (Å²) < 4.78 is 24.1. The predicted molar refractivity (Wildman–Crippen MR) is 137 cm³/mol. The zero-order chi connectivity index (χ0) is 24.3. The van der Waals surface area contributed by atoms with E-state index in [0.717, 1.165) is 53.0 Å². The number of ether oxygens (including phenoxy) is 1. The number of hydrogen-bond acceptors (Lipinski definition) is 7. The van der Waals surface area contributed by atoms with Crippen LogP contribution in [0.5, 0.6) is 0 Å². The van der Waals surface area contributed by atoms with E-state index in [-0.39, 0.29) is 11.5 Å². The van der Waals surface area contributed by atoms with Crippen LogP contribution in [0.4, 0.5) is 0 Å². The second-order valence-corrected chi connectivity index (χ2v) is 12.2. The largest absolute Gasteiger partial charge is 0.433 e. The molecule has 6 nitrogen and oxygen atoms in total. The van der Waals surface area contributed by atoms with Gasteiger partial charge in [0.05, 0.1) is 17.4 Å². The molecular weight excluding hydrogens is 490 g/mol. The Morgan fingerprint density at radius 3 is 2.47 bits per heavy atom. The average Bonchev–Trinajstić information content (AvgIpc) is 3.23. The zero-order valence-corrected chi connectivity index (χ0v) is 22.3. The Balaban J connectivity index is 1.55. The van der Waals surface area contributed by atoms with E-state index in [1.54, 1.807) is 12.5 Å². The van der Waals surface area contributed by atoms with Gasteiger partial charge >= 0.3 is 0 Å². The lowest BCUT2D eigenvalue weighted by Crippen LogP contribution is -2.37. The Labute approximate surface area is 212 Å². The van der Waals surface area contributed by atoms with Gasteiger partial charge in [-0.05, 0) is 69.6 Å². The highest BCUT2D eigenvalue weighted by Gasteiger charge is 2.28. The molecule has 9 heteroatoms. The molecule has 0 N–H and O–H groups in total. The van der Waals surface area contributed by atoms with Crippen LogP contribution in [0.1, 0.15) is 45.4 Å². The maximum atomic E-state index is 11.8. The smallest absolute Gasteiger partial charge is 0.199 e. The Morgan fingerprint density at radius 1 is 1.18 bits per heavy atom. The lowest BCUT2D eigenvalue weighted by Gasteiger charge is -2.32. The molecule has 0 saturated carbocycles. The number of oxazole rings is 1. The van der Waals surface area contributed by atoms with Crippen molar-refractivity contribution in [3.05, 3.63) is 53.5 Å². The lowest BCUT2D eigenvalue weighted by molar-refractivity contribution is -0.0694. The topological polar surface area (TPSA) is 68.5 Å². The van der Waals surface area contributed by atoms with E-state index < -0.39 is 10.8 Å². The molecule has 1 atom stereocenters. The first-order valence-electron chi connectivity index (χ1n) is 11.3. The van der Waals surface area contributed by atoms with E-state index in [0.29, 0.717) is 16.8 Å². The third-order valence-corrected chi connectivity index (χ3v) is 7.66. The van der Waals surface area contributed by atoms with Gasteiger partial charge in [0.25, 0.3) is 0 Å². The van der Waals surface area contributed by atoms with Crippen LogP contribution < -0.4 is 0 Å². The van der Waals surface area contributed by atoms with Crippen molar-refractivity contribution in [1.82, 2.24) is 14.9 Å². The Kier molecular flexibility index (Phi) is 8.15. The van der Waals surface area contributed by atoms with E-state index in [1.165, 1.54) is 11.8 Å². The second-order valence-electron chi connectivity index (χ2n) is 9.36. The molecule has 0 radical (unpaired) electrons.